The van der Waals surface area contributed by atoms with E-state index < -0.39 is 0 Å². The molecule has 0 amide bonds. The fourth-order valence-electron chi connectivity index (χ4n) is 1.92. The highest BCUT2D eigenvalue weighted by Gasteiger charge is 2.10. The first kappa shape index (κ1) is 10.6. The molecule has 0 unspecified atom stereocenters. The maximum Gasteiger partial charge on any atom is 0.132 e. The Morgan fingerprint density at radius 3 is 2.87 bits per heavy atom. The summed E-state index contributed by atoms with van der Waals surface area (Å²) in [6.07, 6.45) is 4.10. The van der Waals surface area contributed by atoms with E-state index in [0.717, 1.165) is 28.8 Å². The van der Waals surface area contributed by atoms with Gasteiger partial charge in [0.25, 0.3) is 0 Å². The lowest BCUT2D eigenvalue weighted by Crippen LogP contribution is -1.90. The van der Waals surface area contributed by atoms with Crippen molar-refractivity contribution in [2.45, 2.75) is 19.2 Å². The molecule has 0 aliphatic heterocycles. The quantitative estimate of drug-likeness (QED) is 0.768. The Kier molecular flexibility index (Phi) is 3.00. The molecule has 1 heterocycles. The maximum atomic E-state index is 13.7. The van der Waals surface area contributed by atoms with Crippen molar-refractivity contribution in [2.24, 2.45) is 0 Å². The molecule has 1 nitrogen and oxygen atoms in total. The molecule has 0 spiro atoms. The second-order valence-electron chi connectivity index (χ2n) is 3.51. The monoisotopic (exact) mass is 223 g/mol. The van der Waals surface area contributed by atoms with Gasteiger partial charge in [0.1, 0.15) is 5.82 Å². The molecule has 0 bridgehead atoms. The van der Waals surface area contributed by atoms with Crippen LogP contribution in [0.1, 0.15) is 12.5 Å². The van der Waals surface area contributed by atoms with Gasteiger partial charge in [-0.25, -0.2) is 4.39 Å². The Morgan fingerprint density at radius 1 is 1.40 bits per heavy atom. The van der Waals surface area contributed by atoms with Crippen LogP contribution in [0.15, 0.2) is 24.4 Å². The second-order valence-corrected chi connectivity index (χ2v) is 4.37. The Bertz CT molecular complexity index is 476. The predicted molar refractivity (Wildman–Crippen MR) is 64.8 cm³/mol. The maximum absolute atomic E-state index is 13.7. The van der Waals surface area contributed by atoms with Gasteiger partial charge in [-0.2, -0.15) is 11.8 Å². The van der Waals surface area contributed by atoms with Gasteiger partial charge < -0.3 is 4.57 Å². The molecule has 0 aliphatic rings. The van der Waals surface area contributed by atoms with E-state index in [9.17, 15) is 4.39 Å². The first-order valence-corrected chi connectivity index (χ1v) is 6.42. The molecule has 0 fully saturated rings. The van der Waals surface area contributed by atoms with Crippen LogP contribution in [0.3, 0.4) is 0 Å². The average Bonchev–Trinajstić information content (AvgIpc) is 2.59. The van der Waals surface area contributed by atoms with Gasteiger partial charge in [-0.3, -0.25) is 0 Å². The average molecular weight is 223 g/mol. The molecule has 0 atom stereocenters. The molecule has 0 saturated heterocycles. The third-order valence-corrected chi connectivity index (χ3v) is 3.17. The Morgan fingerprint density at radius 2 is 2.20 bits per heavy atom. The van der Waals surface area contributed by atoms with E-state index in [0.29, 0.717) is 0 Å². The Balaban J connectivity index is 2.70. The molecule has 1 aromatic heterocycles. The zero-order chi connectivity index (χ0) is 10.8. The lowest BCUT2D eigenvalue weighted by molar-refractivity contribution is 0.639. The van der Waals surface area contributed by atoms with E-state index >= 15 is 0 Å². The Hall–Kier alpha value is -0.960. The molecule has 0 aliphatic carbocycles. The van der Waals surface area contributed by atoms with Gasteiger partial charge in [-0.05, 0) is 30.9 Å². The highest BCUT2D eigenvalue weighted by Crippen LogP contribution is 2.26. The lowest BCUT2D eigenvalue weighted by atomic mass is 10.2. The summed E-state index contributed by atoms with van der Waals surface area (Å²) in [7, 11) is 0. The van der Waals surface area contributed by atoms with E-state index in [4.69, 9.17) is 0 Å². The zero-order valence-electron chi connectivity index (χ0n) is 8.96. The van der Waals surface area contributed by atoms with E-state index in [-0.39, 0.29) is 5.82 Å². The molecule has 0 radical (unpaired) electrons. The minimum atomic E-state index is -0.108. The van der Waals surface area contributed by atoms with Crippen LogP contribution in [0, 0.1) is 5.82 Å². The summed E-state index contributed by atoms with van der Waals surface area (Å²) >= 11 is 1.72. The number of aryl methyl sites for hydroxylation is 1. The lowest BCUT2D eigenvalue weighted by Gasteiger charge is -1.99. The van der Waals surface area contributed by atoms with Crippen LogP contribution in [0.5, 0.6) is 0 Å². The number of fused-ring (bicyclic) bond motifs is 1. The predicted octanol–water partition coefficient (Wildman–Crippen LogP) is 3.66. The van der Waals surface area contributed by atoms with Crippen molar-refractivity contribution in [1.29, 1.82) is 0 Å². The minimum Gasteiger partial charge on any atom is -0.347 e. The largest absolute Gasteiger partial charge is 0.347 e. The standard InChI is InChI=1S/C12H14FNS/c1-3-14-7-9(8-15-2)12-10(13)5-4-6-11(12)14/h4-7H,3,8H2,1-2H3. The van der Waals surface area contributed by atoms with Crippen molar-refractivity contribution < 1.29 is 4.39 Å². The number of hydrogen-bond acceptors (Lipinski definition) is 1. The van der Waals surface area contributed by atoms with Gasteiger partial charge >= 0.3 is 0 Å². The number of nitrogens with zero attached hydrogens (tertiary/aromatic N) is 1. The summed E-state index contributed by atoms with van der Waals surface area (Å²) in [6, 6.07) is 5.28. The zero-order valence-corrected chi connectivity index (χ0v) is 9.77. The molecule has 2 aromatic rings. The van der Waals surface area contributed by atoms with Gasteiger partial charge in [-0.1, -0.05) is 6.07 Å². The summed E-state index contributed by atoms with van der Waals surface area (Å²) in [5.41, 5.74) is 2.10. The van der Waals surface area contributed by atoms with E-state index in [1.54, 1.807) is 17.8 Å². The number of halogens is 1. The van der Waals surface area contributed by atoms with Crippen molar-refractivity contribution in [3.63, 3.8) is 0 Å². The topological polar surface area (TPSA) is 4.93 Å². The first-order valence-electron chi connectivity index (χ1n) is 5.03. The van der Waals surface area contributed by atoms with Crippen molar-refractivity contribution in [3.05, 3.63) is 35.8 Å². The van der Waals surface area contributed by atoms with Crippen LogP contribution in [0.2, 0.25) is 0 Å². The van der Waals surface area contributed by atoms with Crippen molar-refractivity contribution in [3.8, 4) is 0 Å². The van der Waals surface area contributed by atoms with Crippen LogP contribution >= 0.6 is 11.8 Å². The Labute approximate surface area is 93.3 Å². The van der Waals surface area contributed by atoms with Gasteiger partial charge in [0.05, 0.1) is 5.52 Å². The molecular formula is C12H14FNS. The molecular weight excluding hydrogens is 209 g/mol. The highest BCUT2D eigenvalue weighted by atomic mass is 32.2. The molecule has 1 aromatic carbocycles. The van der Waals surface area contributed by atoms with Crippen LogP contribution in [0.4, 0.5) is 4.39 Å². The SMILES string of the molecule is CCn1cc(CSC)c2c(F)cccc21. The normalized spacial score (nSPS) is 11.1. The van der Waals surface area contributed by atoms with Crippen molar-refractivity contribution in [2.75, 3.05) is 6.26 Å². The van der Waals surface area contributed by atoms with Gasteiger partial charge in [0.2, 0.25) is 0 Å². The second kappa shape index (κ2) is 4.27. The molecule has 2 rings (SSSR count). The van der Waals surface area contributed by atoms with Gasteiger partial charge in [-0.15, -0.1) is 0 Å². The van der Waals surface area contributed by atoms with Crippen LogP contribution < -0.4 is 0 Å². The molecule has 3 heteroatoms. The number of aromatic nitrogens is 1. The van der Waals surface area contributed by atoms with E-state index in [2.05, 4.69) is 17.7 Å². The minimum absolute atomic E-state index is 0.108. The fraction of sp³-hybridized carbons (Fsp3) is 0.333. The summed E-state index contributed by atoms with van der Waals surface area (Å²) in [5.74, 6) is 0.758. The molecule has 0 saturated carbocycles. The van der Waals surface area contributed by atoms with E-state index in [1.807, 2.05) is 12.3 Å². The van der Waals surface area contributed by atoms with Crippen LogP contribution in [0.25, 0.3) is 10.9 Å². The highest BCUT2D eigenvalue weighted by molar-refractivity contribution is 7.97. The summed E-state index contributed by atoms with van der Waals surface area (Å²) in [4.78, 5) is 0. The smallest absolute Gasteiger partial charge is 0.132 e. The third kappa shape index (κ3) is 1.76. The summed E-state index contributed by atoms with van der Waals surface area (Å²) in [5, 5.41) is 0.786. The third-order valence-electron chi connectivity index (χ3n) is 2.57. The van der Waals surface area contributed by atoms with Crippen LogP contribution in [-0.2, 0) is 12.3 Å². The summed E-state index contributed by atoms with van der Waals surface area (Å²) < 4.78 is 15.8. The summed E-state index contributed by atoms with van der Waals surface area (Å²) in [6.45, 7) is 2.96. The number of hydrogen-bond donors (Lipinski definition) is 0. The number of rotatable bonds is 3. The number of thioether (sulfide) groups is 1. The van der Waals surface area contributed by atoms with Gasteiger partial charge in [0, 0.05) is 23.9 Å². The van der Waals surface area contributed by atoms with Crippen molar-refractivity contribution in [1.82, 2.24) is 4.57 Å². The fourth-order valence-corrected chi connectivity index (χ4v) is 2.45. The first-order chi connectivity index (χ1) is 7.27. The van der Waals surface area contributed by atoms with Gasteiger partial charge in [0.15, 0.2) is 0 Å². The van der Waals surface area contributed by atoms with Crippen LogP contribution in [-0.4, -0.2) is 10.8 Å². The number of benzene rings is 1. The molecule has 15 heavy (non-hydrogen) atoms. The molecule has 0 N–H and O–H groups in total. The molecule has 80 valence electrons. The van der Waals surface area contributed by atoms with Crippen molar-refractivity contribution >= 4 is 22.7 Å². The van der Waals surface area contributed by atoms with E-state index in [1.165, 1.54) is 6.07 Å².